The van der Waals surface area contributed by atoms with E-state index in [1.165, 1.54) is 24.5 Å². The fourth-order valence-electron chi connectivity index (χ4n) is 1.78. The zero-order valence-corrected chi connectivity index (χ0v) is 10.2. The first kappa shape index (κ1) is 11.1. The summed E-state index contributed by atoms with van der Waals surface area (Å²) in [6.45, 7) is 4.04. The first-order valence-corrected chi connectivity index (χ1v) is 5.78. The van der Waals surface area contributed by atoms with Crippen molar-refractivity contribution in [1.82, 2.24) is 4.98 Å². The molecule has 1 aromatic carbocycles. The van der Waals surface area contributed by atoms with E-state index in [2.05, 4.69) is 4.98 Å². The molecule has 86 valence electrons. The molecule has 3 nitrogen and oxygen atoms in total. The van der Waals surface area contributed by atoms with Crippen molar-refractivity contribution in [1.29, 1.82) is 0 Å². The Morgan fingerprint density at radius 3 is 2.75 bits per heavy atom. The fraction of sp³-hybridized carbons (Fsp3) is 0.364. The van der Waals surface area contributed by atoms with E-state index >= 15 is 0 Å². The van der Waals surface area contributed by atoms with Crippen LogP contribution in [0.15, 0.2) is 6.07 Å². The van der Waals surface area contributed by atoms with Crippen LogP contribution in [0.25, 0.3) is 10.2 Å². The molecule has 0 amide bonds. The highest BCUT2D eigenvalue weighted by Crippen LogP contribution is 2.38. The molecule has 0 aliphatic heterocycles. The van der Waals surface area contributed by atoms with Crippen molar-refractivity contribution in [2.24, 2.45) is 0 Å². The molecule has 0 radical (unpaired) electrons. The summed E-state index contributed by atoms with van der Waals surface area (Å²) in [7, 11) is 1.53. The lowest BCUT2D eigenvalue weighted by Gasteiger charge is -2.12. The molecule has 1 heterocycles. The number of methoxy groups -OCH3 is 1. The number of thiazole rings is 1. The van der Waals surface area contributed by atoms with Crippen LogP contribution in [0.4, 0.5) is 9.52 Å². The number of hydrogen-bond acceptors (Lipinski definition) is 4. The van der Waals surface area contributed by atoms with E-state index in [4.69, 9.17) is 10.5 Å². The largest absolute Gasteiger partial charge is 0.496 e. The van der Waals surface area contributed by atoms with Gasteiger partial charge in [0.2, 0.25) is 0 Å². The van der Waals surface area contributed by atoms with Gasteiger partial charge in [-0.15, -0.1) is 0 Å². The van der Waals surface area contributed by atoms with Crippen LogP contribution < -0.4 is 10.5 Å². The summed E-state index contributed by atoms with van der Waals surface area (Å²) in [4.78, 5) is 4.18. The number of rotatable bonds is 2. The molecule has 0 aliphatic carbocycles. The van der Waals surface area contributed by atoms with E-state index in [1.54, 1.807) is 0 Å². The Balaban J connectivity index is 2.86. The van der Waals surface area contributed by atoms with Gasteiger partial charge in [-0.25, -0.2) is 9.37 Å². The highest BCUT2D eigenvalue weighted by Gasteiger charge is 2.18. The number of nitrogens with zero attached hydrogens (tertiary/aromatic N) is 1. The summed E-state index contributed by atoms with van der Waals surface area (Å²) in [5.74, 6) is 0.412. The number of benzene rings is 1. The Kier molecular flexibility index (Phi) is 2.71. The minimum absolute atomic E-state index is 0.208. The van der Waals surface area contributed by atoms with Gasteiger partial charge in [-0.2, -0.15) is 0 Å². The molecule has 16 heavy (non-hydrogen) atoms. The minimum atomic E-state index is -0.328. The summed E-state index contributed by atoms with van der Waals surface area (Å²) in [6, 6.07) is 1.40. The SMILES string of the molecule is COc1cc(F)c2sc(N)nc2c1C(C)C. The maximum absolute atomic E-state index is 13.7. The van der Waals surface area contributed by atoms with Crippen LogP contribution in [0.5, 0.6) is 5.75 Å². The highest BCUT2D eigenvalue weighted by atomic mass is 32.1. The average Bonchev–Trinajstić information content (AvgIpc) is 2.58. The number of halogens is 1. The Labute approximate surface area is 97.1 Å². The monoisotopic (exact) mass is 240 g/mol. The molecule has 0 bridgehead atoms. The number of nitrogens with two attached hydrogens (primary N) is 1. The third-order valence-corrected chi connectivity index (χ3v) is 3.33. The third kappa shape index (κ3) is 1.61. The smallest absolute Gasteiger partial charge is 0.181 e. The maximum Gasteiger partial charge on any atom is 0.181 e. The van der Waals surface area contributed by atoms with Gasteiger partial charge in [-0.3, -0.25) is 0 Å². The van der Waals surface area contributed by atoms with Crippen molar-refractivity contribution in [2.75, 3.05) is 12.8 Å². The predicted molar refractivity (Wildman–Crippen MR) is 64.6 cm³/mol. The molecule has 5 heteroatoms. The van der Waals surface area contributed by atoms with Crippen molar-refractivity contribution in [3.05, 3.63) is 17.4 Å². The molecule has 0 unspecified atom stereocenters. The van der Waals surface area contributed by atoms with Gasteiger partial charge >= 0.3 is 0 Å². The van der Waals surface area contributed by atoms with E-state index in [9.17, 15) is 4.39 Å². The molecule has 0 saturated carbocycles. The summed E-state index contributed by atoms with van der Waals surface area (Å²) in [5.41, 5.74) is 7.15. The third-order valence-electron chi connectivity index (χ3n) is 2.44. The molecule has 2 rings (SSSR count). The lowest BCUT2D eigenvalue weighted by atomic mass is 10.0. The number of nitrogen functional groups attached to an aromatic ring is 1. The molecule has 0 saturated heterocycles. The van der Waals surface area contributed by atoms with Gasteiger partial charge in [-0.05, 0) is 5.92 Å². The number of hydrogen-bond donors (Lipinski definition) is 1. The second kappa shape index (κ2) is 3.90. The van der Waals surface area contributed by atoms with Crippen LogP contribution in [-0.4, -0.2) is 12.1 Å². The second-order valence-electron chi connectivity index (χ2n) is 3.86. The molecule has 2 N–H and O–H groups in total. The Morgan fingerprint density at radius 1 is 1.50 bits per heavy atom. The summed E-state index contributed by atoms with van der Waals surface area (Å²) in [5, 5.41) is 0.379. The van der Waals surface area contributed by atoms with Crippen molar-refractivity contribution >= 4 is 26.7 Å². The number of ether oxygens (including phenoxy) is 1. The van der Waals surface area contributed by atoms with Crippen molar-refractivity contribution in [3.8, 4) is 5.75 Å². The van der Waals surface area contributed by atoms with Crippen LogP contribution >= 0.6 is 11.3 Å². The molecule has 1 aromatic heterocycles. The molecule has 0 fully saturated rings. The fourth-order valence-corrected chi connectivity index (χ4v) is 2.54. The minimum Gasteiger partial charge on any atom is -0.496 e. The van der Waals surface area contributed by atoms with Gasteiger partial charge in [0.15, 0.2) is 5.13 Å². The highest BCUT2D eigenvalue weighted by molar-refractivity contribution is 7.22. The van der Waals surface area contributed by atoms with Crippen molar-refractivity contribution in [3.63, 3.8) is 0 Å². The quantitative estimate of drug-likeness (QED) is 0.877. The maximum atomic E-state index is 13.7. The topological polar surface area (TPSA) is 48.1 Å². The van der Waals surface area contributed by atoms with Crippen LogP contribution in [0.2, 0.25) is 0 Å². The first-order chi connectivity index (χ1) is 7.54. The number of fused-ring (bicyclic) bond motifs is 1. The zero-order valence-electron chi connectivity index (χ0n) is 9.37. The lowest BCUT2D eigenvalue weighted by molar-refractivity contribution is 0.405. The molecule has 0 aliphatic rings. The van der Waals surface area contributed by atoms with Gasteiger partial charge in [0.05, 0.1) is 17.3 Å². The van der Waals surface area contributed by atoms with Crippen LogP contribution in [0.1, 0.15) is 25.3 Å². The molecular weight excluding hydrogens is 227 g/mol. The Bertz CT molecular complexity index is 536. The molecule has 2 aromatic rings. The van der Waals surface area contributed by atoms with E-state index in [1.807, 2.05) is 13.8 Å². The van der Waals surface area contributed by atoms with Gasteiger partial charge in [0.1, 0.15) is 11.6 Å². The van der Waals surface area contributed by atoms with Gasteiger partial charge in [0, 0.05) is 11.6 Å². The normalized spacial score (nSPS) is 11.3. The zero-order chi connectivity index (χ0) is 11.9. The van der Waals surface area contributed by atoms with Gasteiger partial charge in [0.25, 0.3) is 0 Å². The van der Waals surface area contributed by atoms with E-state index in [0.717, 1.165) is 5.56 Å². The molecular formula is C11H13FN2OS. The second-order valence-corrected chi connectivity index (χ2v) is 4.89. The van der Waals surface area contributed by atoms with Gasteiger partial charge < -0.3 is 10.5 Å². The Morgan fingerprint density at radius 2 is 2.19 bits per heavy atom. The van der Waals surface area contributed by atoms with Crippen LogP contribution in [-0.2, 0) is 0 Å². The van der Waals surface area contributed by atoms with Gasteiger partial charge in [-0.1, -0.05) is 25.2 Å². The van der Waals surface area contributed by atoms with Crippen molar-refractivity contribution in [2.45, 2.75) is 19.8 Å². The molecule has 0 atom stereocenters. The van der Waals surface area contributed by atoms with E-state index in [0.29, 0.717) is 21.1 Å². The molecule has 0 spiro atoms. The summed E-state index contributed by atoms with van der Waals surface area (Å²) < 4.78 is 19.4. The number of aromatic nitrogens is 1. The summed E-state index contributed by atoms with van der Waals surface area (Å²) in [6.07, 6.45) is 0. The van der Waals surface area contributed by atoms with Crippen molar-refractivity contribution < 1.29 is 9.13 Å². The summed E-state index contributed by atoms with van der Waals surface area (Å²) >= 11 is 1.17. The Hall–Kier alpha value is -1.36. The standard InChI is InChI=1S/C11H13FN2OS/c1-5(2)8-7(15-3)4-6(12)10-9(8)14-11(13)16-10/h4-5H,1-3H3,(H2,13,14). The van der Waals surface area contributed by atoms with Crippen LogP contribution in [0, 0.1) is 5.82 Å². The van der Waals surface area contributed by atoms with E-state index < -0.39 is 0 Å². The first-order valence-electron chi connectivity index (χ1n) is 4.97. The lowest BCUT2D eigenvalue weighted by Crippen LogP contribution is -1.97. The number of anilines is 1. The van der Waals surface area contributed by atoms with Crippen LogP contribution in [0.3, 0.4) is 0 Å². The average molecular weight is 240 g/mol. The predicted octanol–water partition coefficient (Wildman–Crippen LogP) is 3.15. The van der Waals surface area contributed by atoms with E-state index in [-0.39, 0.29) is 11.7 Å².